The maximum atomic E-state index is 13.3. The zero-order chi connectivity index (χ0) is 13.0. The summed E-state index contributed by atoms with van der Waals surface area (Å²) in [6.45, 7) is 2.21. The zero-order valence-corrected chi connectivity index (χ0v) is 11.2. The fourth-order valence-electron chi connectivity index (χ4n) is 3.16. The molecule has 2 atom stereocenters. The Morgan fingerprint density at radius 2 is 2.17 bits per heavy atom. The third-order valence-electron chi connectivity index (χ3n) is 4.23. The van der Waals surface area contributed by atoms with Crippen LogP contribution in [0.5, 0.6) is 0 Å². The van der Waals surface area contributed by atoms with Crippen LogP contribution in [0.15, 0.2) is 24.3 Å². The molecule has 100 valence electrons. The lowest BCUT2D eigenvalue weighted by molar-refractivity contribution is 0.0192. The second-order valence-corrected chi connectivity index (χ2v) is 5.63. The molecule has 1 aliphatic carbocycles. The van der Waals surface area contributed by atoms with Crippen LogP contribution in [-0.4, -0.2) is 5.11 Å². The molecule has 2 rings (SSSR count). The smallest absolute Gasteiger partial charge is 0.123 e. The molecule has 1 aromatic rings. The van der Waals surface area contributed by atoms with Gasteiger partial charge in [-0.1, -0.05) is 38.3 Å². The van der Waals surface area contributed by atoms with Gasteiger partial charge in [0, 0.05) is 0 Å². The lowest BCUT2D eigenvalue weighted by Gasteiger charge is -2.27. The van der Waals surface area contributed by atoms with Crippen LogP contribution in [0.4, 0.5) is 4.39 Å². The van der Waals surface area contributed by atoms with Crippen molar-refractivity contribution >= 4 is 0 Å². The van der Waals surface area contributed by atoms with E-state index in [0.29, 0.717) is 0 Å². The molecule has 1 saturated carbocycles. The molecule has 18 heavy (non-hydrogen) atoms. The Bertz CT molecular complexity index is 390. The molecule has 0 radical (unpaired) electrons. The summed E-state index contributed by atoms with van der Waals surface area (Å²) in [5.41, 5.74) is -0.0652. The summed E-state index contributed by atoms with van der Waals surface area (Å²) in [6.07, 6.45) is 7.28. The van der Waals surface area contributed by atoms with Gasteiger partial charge in [0.05, 0.1) is 5.60 Å². The largest absolute Gasteiger partial charge is 0.385 e. The van der Waals surface area contributed by atoms with Crippen molar-refractivity contribution in [2.24, 2.45) is 5.92 Å². The average Bonchev–Trinajstić information content (AvgIpc) is 2.54. The predicted octanol–water partition coefficient (Wildman–Crippen LogP) is 4.39. The Kier molecular flexibility index (Phi) is 4.39. The second kappa shape index (κ2) is 5.83. The van der Waals surface area contributed by atoms with Crippen molar-refractivity contribution in [3.63, 3.8) is 0 Å². The number of halogens is 1. The minimum absolute atomic E-state index is 0.254. The molecule has 0 amide bonds. The summed E-state index contributed by atoms with van der Waals surface area (Å²) in [7, 11) is 0. The SMILES string of the molecule is CCCC1CCCC(O)(c2cccc(F)c2)CC1. The lowest BCUT2D eigenvalue weighted by atomic mass is 9.86. The number of aliphatic hydroxyl groups is 1. The molecule has 1 nitrogen and oxygen atoms in total. The number of benzene rings is 1. The van der Waals surface area contributed by atoms with Gasteiger partial charge in [0.25, 0.3) is 0 Å². The minimum atomic E-state index is -0.815. The first-order valence-corrected chi connectivity index (χ1v) is 7.12. The summed E-state index contributed by atoms with van der Waals surface area (Å²) in [5, 5.41) is 10.8. The monoisotopic (exact) mass is 250 g/mol. The van der Waals surface area contributed by atoms with E-state index < -0.39 is 5.60 Å². The third-order valence-corrected chi connectivity index (χ3v) is 4.23. The molecule has 0 spiro atoms. The molecule has 0 aromatic heterocycles. The molecule has 0 heterocycles. The quantitative estimate of drug-likeness (QED) is 0.789. The third kappa shape index (κ3) is 3.11. The van der Waals surface area contributed by atoms with Gasteiger partial charge in [-0.05, 0) is 49.3 Å². The molecule has 1 aliphatic rings. The van der Waals surface area contributed by atoms with E-state index in [1.165, 1.54) is 31.4 Å². The summed E-state index contributed by atoms with van der Waals surface area (Å²) < 4.78 is 13.3. The lowest BCUT2D eigenvalue weighted by Crippen LogP contribution is -2.24. The Morgan fingerprint density at radius 3 is 2.89 bits per heavy atom. The van der Waals surface area contributed by atoms with Crippen LogP contribution in [-0.2, 0) is 5.60 Å². The fraction of sp³-hybridized carbons (Fsp3) is 0.625. The summed E-state index contributed by atoms with van der Waals surface area (Å²) in [4.78, 5) is 0. The maximum absolute atomic E-state index is 13.3. The van der Waals surface area contributed by atoms with Gasteiger partial charge in [-0.3, -0.25) is 0 Å². The Balaban J connectivity index is 2.11. The first-order valence-electron chi connectivity index (χ1n) is 7.12. The summed E-state index contributed by atoms with van der Waals surface area (Å²) >= 11 is 0. The van der Waals surface area contributed by atoms with Gasteiger partial charge in [-0.25, -0.2) is 4.39 Å². The van der Waals surface area contributed by atoms with E-state index in [1.807, 2.05) is 6.07 Å². The van der Waals surface area contributed by atoms with Crippen LogP contribution in [0.1, 0.15) is 57.4 Å². The second-order valence-electron chi connectivity index (χ2n) is 5.63. The van der Waals surface area contributed by atoms with Crippen molar-refractivity contribution in [1.82, 2.24) is 0 Å². The predicted molar refractivity (Wildman–Crippen MR) is 71.8 cm³/mol. The number of hydrogen-bond acceptors (Lipinski definition) is 1. The van der Waals surface area contributed by atoms with Gasteiger partial charge in [0.1, 0.15) is 5.82 Å². The highest BCUT2D eigenvalue weighted by molar-refractivity contribution is 5.23. The van der Waals surface area contributed by atoms with E-state index in [-0.39, 0.29) is 5.82 Å². The Morgan fingerprint density at radius 1 is 1.33 bits per heavy atom. The van der Waals surface area contributed by atoms with Crippen LogP contribution < -0.4 is 0 Å². The molecular formula is C16H23FO. The molecule has 1 fully saturated rings. The van der Waals surface area contributed by atoms with Crippen molar-refractivity contribution in [3.8, 4) is 0 Å². The highest BCUT2D eigenvalue weighted by atomic mass is 19.1. The van der Waals surface area contributed by atoms with Crippen LogP contribution in [0.2, 0.25) is 0 Å². The van der Waals surface area contributed by atoms with Gasteiger partial charge >= 0.3 is 0 Å². The average molecular weight is 250 g/mol. The number of rotatable bonds is 3. The van der Waals surface area contributed by atoms with Crippen molar-refractivity contribution < 1.29 is 9.50 Å². The van der Waals surface area contributed by atoms with Gasteiger partial charge in [-0.15, -0.1) is 0 Å². The van der Waals surface area contributed by atoms with E-state index in [9.17, 15) is 9.50 Å². The van der Waals surface area contributed by atoms with Gasteiger partial charge < -0.3 is 5.11 Å². The minimum Gasteiger partial charge on any atom is -0.385 e. The van der Waals surface area contributed by atoms with E-state index in [2.05, 4.69) is 6.92 Å². The van der Waals surface area contributed by atoms with E-state index in [1.54, 1.807) is 6.07 Å². The van der Waals surface area contributed by atoms with Crippen LogP contribution in [0.3, 0.4) is 0 Å². The highest BCUT2D eigenvalue weighted by Gasteiger charge is 2.32. The highest BCUT2D eigenvalue weighted by Crippen LogP contribution is 2.39. The van der Waals surface area contributed by atoms with Gasteiger partial charge in [-0.2, -0.15) is 0 Å². The van der Waals surface area contributed by atoms with Gasteiger partial charge in [0.15, 0.2) is 0 Å². The molecule has 1 N–H and O–H groups in total. The topological polar surface area (TPSA) is 20.2 Å². The Hall–Kier alpha value is -0.890. The molecule has 0 saturated heterocycles. The van der Waals surface area contributed by atoms with E-state index in [0.717, 1.165) is 37.2 Å². The standard InChI is InChI=1S/C16H23FO/c1-2-5-13-6-4-10-16(18,11-9-13)14-7-3-8-15(17)12-14/h3,7-8,12-13,18H,2,4-6,9-11H2,1H3. The molecular weight excluding hydrogens is 227 g/mol. The molecule has 1 aromatic carbocycles. The Labute approximate surface area is 109 Å². The maximum Gasteiger partial charge on any atom is 0.123 e. The zero-order valence-electron chi connectivity index (χ0n) is 11.2. The van der Waals surface area contributed by atoms with E-state index >= 15 is 0 Å². The van der Waals surface area contributed by atoms with Crippen molar-refractivity contribution in [2.75, 3.05) is 0 Å². The van der Waals surface area contributed by atoms with Gasteiger partial charge in [0.2, 0.25) is 0 Å². The van der Waals surface area contributed by atoms with Crippen LogP contribution >= 0.6 is 0 Å². The summed E-state index contributed by atoms with van der Waals surface area (Å²) in [6, 6.07) is 6.46. The molecule has 0 aliphatic heterocycles. The number of hydrogen-bond donors (Lipinski definition) is 1. The molecule has 0 bridgehead atoms. The van der Waals surface area contributed by atoms with Crippen LogP contribution in [0, 0.1) is 11.7 Å². The molecule has 2 heteroatoms. The van der Waals surface area contributed by atoms with Crippen molar-refractivity contribution in [1.29, 1.82) is 0 Å². The fourth-order valence-corrected chi connectivity index (χ4v) is 3.16. The molecule has 2 unspecified atom stereocenters. The summed E-state index contributed by atoms with van der Waals surface area (Å²) in [5.74, 6) is 0.480. The first-order chi connectivity index (χ1) is 8.64. The van der Waals surface area contributed by atoms with Crippen molar-refractivity contribution in [2.45, 2.75) is 57.5 Å². The van der Waals surface area contributed by atoms with Crippen molar-refractivity contribution in [3.05, 3.63) is 35.6 Å². The van der Waals surface area contributed by atoms with E-state index in [4.69, 9.17) is 0 Å². The first kappa shape index (κ1) is 13.5. The normalized spacial score (nSPS) is 28.9. The van der Waals surface area contributed by atoms with Crippen LogP contribution in [0.25, 0.3) is 0 Å².